The lowest BCUT2D eigenvalue weighted by Gasteiger charge is -2.30. The molecule has 9 nitrogen and oxygen atoms in total. The lowest BCUT2D eigenvalue weighted by atomic mass is 9.92. The molecule has 0 aliphatic heterocycles. The molecule has 1 aliphatic rings. The average Bonchev–Trinajstić information content (AvgIpc) is 3.21. The van der Waals surface area contributed by atoms with E-state index in [2.05, 4.69) is 19.9 Å². The summed E-state index contributed by atoms with van der Waals surface area (Å²) in [5.74, 6) is 0.158. The van der Waals surface area contributed by atoms with Gasteiger partial charge in [0.2, 0.25) is 5.95 Å². The fraction of sp³-hybridized carbons (Fsp3) is 0.474. The number of nitrogens with one attached hydrogen (secondary N) is 1. The number of nitrogens with two attached hydrogens (primary N) is 1. The SMILES string of the molecule is Cc1nc(N)nc2c1cc(-c1c[nH]cn1)c(=O)n2[C@H]1CC[C@H](OCCO)CC1. The number of imidazole rings is 1. The van der Waals surface area contributed by atoms with E-state index in [4.69, 9.17) is 15.6 Å². The molecule has 0 amide bonds. The summed E-state index contributed by atoms with van der Waals surface area (Å²) in [5.41, 5.74) is 8.16. The Hall–Kier alpha value is -2.78. The van der Waals surface area contributed by atoms with Crippen molar-refractivity contribution in [1.82, 2.24) is 24.5 Å². The molecule has 0 unspecified atom stereocenters. The number of aromatic nitrogens is 5. The Labute approximate surface area is 161 Å². The molecular weight excluding hydrogens is 360 g/mol. The molecule has 1 aliphatic carbocycles. The lowest BCUT2D eigenvalue weighted by molar-refractivity contribution is 0.00169. The summed E-state index contributed by atoms with van der Waals surface area (Å²) >= 11 is 0. The van der Waals surface area contributed by atoms with Crippen LogP contribution in [0.1, 0.15) is 37.4 Å². The minimum absolute atomic E-state index is 0.00318. The van der Waals surface area contributed by atoms with Gasteiger partial charge in [-0.25, -0.2) is 9.97 Å². The first kappa shape index (κ1) is 18.6. The number of aryl methyl sites for hydroxylation is 1. The van der Waals surface area contributed by atoms with Crippen LogP contribution in [0, 0.1) is 6.92 Å². The van der Waals surface area contributed by atoms with Gasteiger partial charge in [-0.2, -0.15) is 4.98 Å². The summed E-state index contributed by atoms with van der Waals surface area (Å²) in [6, 6.07) is 1.80. The number of anilines is 1. The van der Waals surface area contributed by atoms with E-state index in [1.807, 2.05) is 6.92 Å². The predicted molar refractivity (Wildman–Crippen MR) is 105 cm³/mol. The van der Waals surface area contributed by atoms with Crippen LogP contribution in [0.3, 0.4) is 0 Å². The standard InChI is InChI=1S/C19H24N6O3/c1-11-14-8-15(16-9-21-10-22-16)18(27)25(17(14)24-19(20)23-11)12-2-4-13(5-3-12)28-7-6-26/h8-10,12-13,26H,2-7H2,1H3,(H,21,22)(H2,20,23,24)/t12-,13-. The summed E-state index contributed by atoms with van der Waals surface area (Å²) in [6.07, 6.45) is 6.60. The smallest absolute Gasteiger partial charge is 0.261 e. The van der Waals surface area contributed by atoms with E-state index < -0.39 is 0 Å². The fourth-order valence-electron chi connectivity index (χ4n) is 3.99. The number of aliphatic hydroxyl groups is 1. The zero-order valence-electron chi connectivity index (χ0n) is 15.8. The molecule has 1 fully saturated rings. The molecule has 0 atom stereocenters. The zero-order chi connectivity index (χ0) is 19.7. The first-order valence-electron chi connectivity index (χ1n) is 9.49. The van der Waals surface area contributed by atoms with Gasteiger partial charge >= 0.3 is 0 Å². The predicted octanol–water partition coefficient (Wildman–Crippen LogP) is 1.56. The van der Waals surface area contributed by atoms with Gasteiger partial charge in [0, 0.05) is 17.6 Å². The molecule has 0 bridgehead atoms. The maximum Gasteiger partial charge on any atom is 0.261 e. The molecule has 3 aromatic rings. The third kappa shape index (κ3) is 3.38. The number of aromatic amines is 1. The van der Waals surface area contributed by atoms with Crippen molar-refractivity contribution in [2.24, 2.45) is 0 Å². The zero-order valence-corrected chi connectivity index (χ0v) is 15.8. The molecule has 0 aromatic carbocycles. The normalized spacial score (nSPS) is 19.9. The van der Waals surface area contributed by atoms with Crippen LogP contribution in [-0.2, 0) is 4.74 Å². The number of fused-ring (bicyclic) bond motifs is 1. The molecular formula is C19H24N6O3. The van der Waals surface area contributed by atoms with Gasteiger partial charge in [0.1, 0.15) is 5.65 Å². The van der Waals surface area contributed by atoms with E-state index in [-0.39, 0.29) is 30.3 Å². The van der Waals surface area contributed by atoms with E-state index in [0.29, 0.717) is 23.5 Å². The number of hydrogen-bond acceptors (Lipinski definition) is 7. The van der Waals surface area contributed by atoms with Crippen LogP contribution < -0.4 is 11.3 Å². The van der Waals surface area contributed by atoms with Crippen molar-refractivity contribution in [3.8, 4) is 11.3 Å². The van der Waals surface area contributed by atoms with E-state index in [9.17, 15) is 4.79 Å². The number of nitrogens with zero attached hydrogens (tertiary/aromatic N) is 4. The van der Waals surface area contributed by atoms with Gasteiger partial charge in [-0.3, -0.25) is 9.36 Å². The molecule has 4 rings (SSSR count). The highest BCUT2D eigenvalue weighted by Crippen LogP contribution is 2.32. The summed E-state index contributed by atoms with van der Waals surface area (Å²) in [4.78, 5) is 29.2. The number of rotatable bonds is 5. The van der Waals surface area contributed by atoms with Crippen LogP contribution >= 0.6 is 0 Å². The second-order valence-electron chi connectivity index (χ2n) is 7.12. The Morgan fingerprint density at radius 1 is 1.32 bits per heavy atom. The van der Waals surface area contributed by atoms with Gasteiger partial charge in [-0.15, -0.1) is 0 Å². The van der Waals surface area contributed by atoms with Crippen molar-refractivity contribution in [2.45, 2.75) is 44.8 Å². The number of nitrogen functional groups attached to an aromatic ring is 1. The summed E-state index contributed by atoms with van der Waals surface area (Å²) < 4.78 is 7.41. The van der Waals surface area contributed by atoms with E-state index >= 15 is 0 Å². The molecule has 4 N–H and O–H groups in total. The molecule has 148 valence electrons. The topological polar surface area (TPSA) is 132 Å². The number of hydrogen-bond donors (Lipinski definition) is 3. The Morgan fingerprint density at radius 3 is 2.79 bits per heavy atom. The third-order valence-electron chi connectivity index (χ3n) is 5.33. The van der Waals surface area contributed by atoms with Crippen LogP contribution in [-0.4, -0.2) is 48.9 Å². The Balaban J connectivity index is 1.80. The molecule has 9 heteroatoms. The van der Waals surface area contributed by atoms with Gasteiger partial charge in [-0.1, -0.05) is 0 Å². The third-order valence-corrected chi connectivity index (χ3v) is 5.33. The second kappa shape index (κ2) is 7.69. The van der Waals surface area contributed by atoms with Crippen LogP contribution in [0.5, 0.6) is 0 Å². The molecule has 0 radical (unpaired) electrons. The Morgan fingerprint density at radius 2 is 2.11 bits per heavy atom. The van der Waals surface area contributed by atoms with Crippen LogP contribution in [0.2, 0.25) is 0 Å². The molecule has 3 aromatic heterocycles. The molecule has 3 heterocycles. The van der Waals surface area contributed by atoms with Gasteiger partial charge in [0.05, 0.1) is 42.6 Å². The van der Waals surface area contributed by atoms with Gasteiger partial charge in [0.25, 0.3) is 5.56 Å². The highest BCUT2D eigenvalue weighted by Gasteiger charge is 2.27. The summed E-state index contributed by atoms with van der Waals surface area (Å²) in [5, 5.41) is 9.75. The van der Waals surface area contributed by atoms with Crippen molar-refractivity contribution >= 4 is 17.0 Å². The van der Waals surface area contributed by atoms with Gasteiger partial charge in [0.15, 0.2) is 0 Å². The highest BCUT2D eigenvalue weighted by atomic mass is 16.5. The summed E-state index contributed by atoms with van der Waals surface area (Å²) in [6.45, 7) is 2.23. The monoisotopic (exact) mass is 384 g/mol. The minimum Gasteiger partial charge on any atom is -0.394 e. The first-order chi connectivity index (χ1) is 13.6. The summed E-state index contributed by atoms with van der Waals surface area (Å²) in [7, 11) is 0. The maximum atomic E-state index is 13.4. The van der Waals surface area contributed by atoms with Gasteiger partial charge < -0.3 is 20.6 Å². The second-order valence-corrected chi connectivity index (χ2v) is 7.12. The largest absolute Gasteiger partial charge is 0.394 e. The van der Waals surface area contributed by atoms with Crippen LogP contribution in [0.4, 0.5) is 5.95 Å². The van der Waals surface area contributed by atoms with Crippen molar-refractivity contribution in [3.05, 3.63) is 34.6 Å². The lowest BCUT2D eigenvalue weighted by Crippen LogP contribution is -2.32. The Kier molecular flexibility index (Phi) is 5.10. The average molecular weight is 384 g/mol. The van der Waals surface area contributed by atoms with Gasteiger partial charge in [-0.05, 0) is 38.7 Å². The molecule has 28 heavy (non-hydrogen) atoms. The number of pyridine rings is 1. The molecule has 0 spiro atoms. The van der Waals surface area contributed by atoms with Crippen molar-refractivity contribution in [2.75, 3.05) is 18.9 Å². The fourth-order valence-corrected chi connectivity index (χ4v) is 3.99. The molecule has 1 saturated carbocycles. The quantitative estimate of drug-likeness (QED) is 0.608. The van der Waals surface area contributed by atoms with Crippen LogP contribution in [0.25, 0.3) is 22.3 Å². The van der Waals surface area contributed by atoms with Crippen molar-refractivity contribution in [1.29, 1.82) is 0 Å². The van der Waals surface area contributed by atoms with Crippen LogP contribution in [0.15, 0.2) is 23.4 Å². The molecule has 0 saturated heterocycles. The highest BCUT2D eigenvalue weighted by molar-refractivity contribution is 5.83. The number of H-pyrrole nitrogens is 1. The maximum absolute atomic E-state index is 13.4. The Bertz CT molecular complexity index is 1020. The van der Waals surface area contributed by atoms with Crippen molar-refractivity contribution in [3.63, 3.8) is 0 Å². The minimum atomic E-state index is -0.128. The number of aliphatic hydroxyl groups excluding tert-OH is 1. The van der Waals surface area contributed by atoms with E-state index in [1.165, 1.54) is 0 Å². The number of ether oxygens (including phenoxy) is 1. The van der Waals surface area contributed by atoms with E-state index in [0.717, 1.165) is 36.8 Å². The van der Waals surface area contributed by atoms with Crippen molar-refractivity contribution < 1.29 is 9.84 Å². The van der Waals surface area contributed by atoms with E-state index in [1.54, 1.807) is 23.2 Å². The first-order valence-corrected chi connectivity index (χ1v) is 9.49.